The van der Waals surface area contributed by atoms with Crippen molar-refractivity contribution >= 4 is 11.9 Å². The Bertz CT molecular complexity index is 468. The highest BCUT2D eigenvalue weighted by Crippen LogP contribution is 2.47. The minimum Gasteiger partial charge on any atom is -0.467 e. The van der Waals surface area contributed by atoms with Gasteiger partial charge in [-0.1, -0.05) is 20.8 Å². The van der Waals surface area contributed by atoms with Crippen molar-refractivity contribution in [1.29, 1.82) is 0 Å². The van der Waals surface area contributed by atoms with E-state index in [4.69, 9.17) is 14.3 Å². The second-order valence-electron chi connectivity index (χ2n) is 7.27. The summed E-state index contributed by atoms with van der Waals surface area (Å²) in [7, 11) is 1.36. The van der Waals surface area contributed by atoms with E-state index in [1.54, 1.807) is 6.92 Å². The summed E-state index contributed by atoms with van der Waals surface area (Å²) in [5, 5.41) is 1.96. The van der Waals surface area contributed by atoms with Crippen molar-refractivity contribution in [3.63, 3.8) is 0 Å². The third kappa shape index (κ3) is 3.91. The molecular weight excluding hydrogens is 310 g/mol. The van der Waals surface area contributed by atoms with E-state index >= 15 is 0 Å². The Hall–Kier alpha value is -1.14. The molecule has 0 aromatic rings. The second-order valence-corrected chi connectivity index (χ2v) is 7.27. The molecule has 0 radical (unpaired) electrons. The lowest BCUT2D eigenvalue weighted by Crippen LogP contribution is -2.68. The van der Waals surface area contributed by atoms with Gasteiger partial charge in [-0.25, -0.2) is 4.79 Å². The molecule has 140 valence electrons. The molecule has 1 fully saturated rings. The molecule has 0 saturated carbocycles. The molecule has 0 aliphatic carbocycles. The molecule has 0 N–H and O–H groups in total. The van der Waals surface area contributed by atoms with E-state index in [1.165, 1.54) is 14.0 Å². The van der Waals surface area contributed by atoms with Crippen LogP contribution in [0.2, 0.25) is 0 Å². The molecule has 0 bridgehead atoms. The maximum atomic E-state index is 11.8. The molecular formula is C18H33NO5. The van der Waals surface area contributed by atoms with Crippen LogP contribution in [0.25, 0.3) is 0 Å². The predicted molar refractivity (Wildman–Crippen MR) is 91.1 cm³/mol. The first kappa shape index (κ1) is 20.9. The maximum absolute atomic E-state index is 11.8. The molecule has 1 unspecified atom stereocenters. The van der Waals surface area contributed by atoms with Crippen molar-refractivity contribution < 1.29 is 23.9 Å². The highest BCUT2D eigenvalue weighted by Gasteiger charge is 2.55. The van der Waals surface area contributed by atoms with Crippen molar-refractivity contribution in [2.75, 3.05) is 7.11 Å². The summed E-state index contributed by atoms with van der Waals surface area (Å²) in [6.45, 7) is 13.6. The molecule has 1 rings (SSSR count). The van der Waals surface area contributed by atoms with Crippen LogP contribution in [0.4, 0.5) is 0 Å². The number of rotatable bonds is 6. The van der Waals surface area contributed by atoms with Gasteiger partial charge in [0.2, 0.25) is 0 Å². The number of ether oxygens (including phenoxy) is 2. The topological polar surface area (TPSA) is 65.1 Å². The Kier molecular flexibility index (Phi) is 6.82. The van der Waals surface area contributed by atoms with Gasteiger partial charge in [0.25, 0.3) is 0 Å². The van der Waals surface area contributed by atoms with Gasteiger partial charge in [0.05, 0.1) is 7.11 Å². The second kappa shape index (κ2) is 7.83. The zero-order chi connectivity index (χ0) is 18.7. The summed E-state index contributed by atoms with van der Waals surface area (Å²) in [4.78, 5) is 29.4. The van der Waals surface area contributed by atoms with Crippen LogP contribution in [0, 0.1) is 5.92 Å². The average molecular weight is 343 g/mol. The standard InChI is InChI=1S/C18H33NO5/c1-9-17(6)11-15(23-14(5)20)12(3)18(7,10-2)19(17)24-13(4)16(21)22-8/h12-13,15H,9-11H2,1-8H3/t12-,13?,15-,17-,18+/m0/s1. The SMILES string of the molecule is CC[C@@]1(C)C[C@H](OC(C)=O)[C@H](C)[C@@](C)(CC)N1OC(C)C(=O)OC. The fourth-order valence-electron chi connectivity index (χ4n) is 3.62. The largest absolute Gasteiger partial charge is 0.467 e. The van der Waals surface area contributed by atoms with E-state index in [-0.39, 0.29) is 29.1 Å². The van der Waals surface area contributed by atoms with E-state index < -0.39 is 12.1 Å². The van der Waals surface area contributed by atoms with Gasteiger partial charge in [-0.05, 0) is 33.6 Å². The Balaban J connectivity index is 3.22. The molecule has 1 saturated heterocycles. The predicted octanol–water partition coefficient (Wildman–Crippen LogP) is 3.09. The number of hydroxylamine groups is 2. The van der Waals surface area contributed by atoms with Gasteiger partial charge < -0.3 is 9.47 Å². The number of carbonyl (C=O) groups excluding carboxylic acids is 2. The van der Waals surface area contributed by atoms with Crippen molar-refractivity contribution in [2.45, 2.75) is 91.0 Å². The fourth-order valence-corrected chi connectivity index (χ4v) is 3.62. The Morgan fingerprint density at radius 1 is 1.25 bits per heavy atom. The molecule has 0 aromatic heterocycles. The Morgan fingerprint density at radius 2 is 1.83 bits per heavy atom. The lowest BCUT2D eigenvalue weighted by atomic mass is 9.69. The van der Waals surface area contributed by atoms with Crippen LogP contribution in [0.5, 0.6) is 0 Å². The number of nitrogens with zero attached hydrogens (tertiary/aromatic N) is 1. The minimum atomic E-state index is -0.691. The molecule has 6 heteroatoms. The normalized spacial score (nSPS) is 35.3. The molecule has 1 aliphatic rings. The van der Waals surface area contributed by atoms with Crippen molar-refractivity contribution in [2.24, 2.45) is 5.92 Å². The number of methoxy groups -OCH3 is 1. The summed E-state index contributed by atoms with van der Waals surface area (Å²) < 4.78 is 10.4. The van der Waals surface area contributed by atoms with Gasteiger partial charge in [-0.3, -0.25) is 9.63 Å². The number of hydrogen-bond acceptors (Lipinski definition) is 6. The fraction of sp³-hybridized carbons (Fsp3) is 0.889. The maximum Gasteiger partial charge on any atom is 0.336 e. The molecule has 1 heterocycles. The number of esters is 2. The quantitative estimate of drug-likeness (QED) is 0.691. The number of piperidine rings is 1. The summed E-state index contributed by atoms with van der Waals surface area (Å²) in [6.07, 6.45) is 1.40. The monoisotopic (exact) mass is 343 g/mol. The van der Waals surface area contributed by atoms with Crippen LogP contribution in [0.3, 0.4) is 0 Å². The summed E-state index contributed by atoms with van der Waals surface area (Å²) >= 11 is 0. The zero-order valence-electron chi connectivity index (χ0n) is 16.3. The molecule has 24 heavy (non-hydrogen) atoms. The number of hydrogen-bond donors (Lipinski definition) is 0. The van der Waals surface area contributed by atoms with Crippen LogP contribution in [0.15, 0.2) is 0 Å². The van der Waals surface area contributed by atoms with Gasteiger partial charge in [0.15, 0.2) is 6.10 Å². The van der Waals surface area contributed by atoms with E-state index in [2.05, 4.69) is 34.6 Å². The smallest absolute Gasteiger partial charge is 0.336 e. The lowest BCUT2D eigenvalue weighted by Gasteiger charge is -2.59. The molecule has 1 aliphatic heterocycles. The van der Waals surface area contributed by atoms with Crippen LogP contribution >= 0.6 is 0 Å². The Labute approximate surface area is 145 Å². The molecule has 0 aromatic carbocycles. The first-order chi connectivity index (χ1) is 11.1. The van der Waals surface area contributed by atoms with E-state index in [0.29, 0.717) is 6.42 Å². The summed E-state index contributed by atoms with van der Waals surface area (Å²) in [5.41, 5.74) is -0.717. The van der Waals surface area contributed by atoms with Gasteiger partial charge in [-0.15, -0.1) is 0 Å². The Morgan fingerprint density at radius 3 is 2.25 bits per heavy atom. The van der Waals surface area contributed by atoms with Crippen LogP contribution in [-0.4, -0.2) is 47.4 Å². The first-order valence-corrected chi connectivity index (χ1v) is 8.77. The lowest BCUT2D eigenvalue weighted by molar-refractivity contribution is -0.331. The minimum absolute atomic E-state index is 0.0656. The zero-order valence-corrected chi connectivity index (χ0v) is 16.3. The van der Waals surface area contributed by atoms with Gasteiger partial charge in [0.1, 0.15) is 6.10 Å². The van der Waals surface area contributed by atoms with Crippen molar-refractivity contribution in [3.05, 3.63) is 0 Å². The van der Waals surface area contributed by atoms with Crippen molar-refractivity contribution in [3.8, 4) is 0 Å². The van der Waals surface area contributed by atoms with Gasteiger partial charge in [0, 0.05) is 30.3 Å². The van der Waals surface area contributed by atoms with Crippen LogP contribution in [0.1, 0.15) is 67.7 Å². The van der Waals surface area contributed by atoms with Crippen LogP contribution in [-0.2, 0) is 23.9 Å². The van der Waals surface area contributed by atoms with E-state index in [1.807, 2.05) is 5.06 Å². The van der Waals surface area contributed by atoms with E-state index in [9.17, 15) is 9.59 Å². The van der Waals surface area contributed by atoms with Gasteiger partial charge in [-0.2, -0.15) is 5.06 Å². The molecule has 0 spiro atoms. The highest BCUT2D eigenvalue weighted by atomic mass is 16.7. The number of carbonyl (C=O) groups is 2. The average Bonchev–Trinajstić information content (AvgIpc) is 2.54. The molecule has 0 amide bonds. The third-order valence-corrected chi connectivity index (χ3v) is 5.73. The third-order valence-electron chi connectivity index (χ3n) is 5.73. The first-order valence-electron chi connectivity index (χ1n) is 8.77. The summed E-state index contributed by atoms with van der Waals surface area (Å²) in [6, 6.07) is 0. The summed E-state index contributed by atoms with van der Waals surface area (Å²) in [5.74, 6) is -0.599. The van der Waals surface area contributed by atoms with Crippen molar-refractivity contribution in [1.82, 2.24) is 5.06 Å². The van der Waals surface area contributed by atoms with E-state index in [0.717, 1.165) is 12.8 Å². The van der Waals surface area contributed by atoms with Crippen LogP contribution < -0.4 is 0 Å². The van der Waals surface area contributed by atoms with Gasteiger partial charge >= 0.3 is 11.9 Å². The molecule has 5 atom stereocenters. The highest BCUT2D eigenvalue weighted by molar-refractivity contribution is 5.73. The molecule has 6 nitrogen and oxygen atoms in total.